The van der Waals surface area contributed by atoms with E-state index in [2.05, 4.69) is 37.7 Å². The Hall–Kier alpha value is -0.210. The second kappa shape index (κ2) is 5.83. The van der Waals surface area contributed by atoms with Crippen molar-refractivity contribution in [1.29, 1.82) is 0 Å². The molecule has 1 unspecified atom stereocenters. The van der Waals surface area contributed by atoms with Crippen molar-refractivity contribution in [2.24, 2.45) is 5.41 Å². The number of hydrogen-bond acceptors (Lipinski definition) is 2. The average molecular weight is 265 g/mol. The first-order valence-corrected chi connectivity index (χ1v) is 8.13. The van der Waals surface area contributed by atoms with Crippen molar-refractivity contribution in [3.8, 4) is 0 Å². The third kappa shape index (κ3) is 3.21. The van der Waals surface area contributed by atoms with Gasteiger partial charge in [0.25, 0.3) is 0 Å². The molecule has 0 aromatic rings. The molecule has 2 rings (SSSR count). The molecule has 1 spiro atoms. The molecule has 1 saturated carbocycles. The van der Waals surface area contributed by atoms with Gasteiger partial charge < -0.3 is 0 Å². The molecule has 2 fully saturated rings. The number of allylic oxidation sites excluding steroid dienone is 3. The van der Waals surface area contributed by atoms with Gasteiger partial charge in [0.2, 0.25) is 0 Å². The van der Waals surface area contributed by atoms with Gasteiger partial charge in [-0.3, -0.25) is 0 Å². The third-order valence-corrected chi connectivity index (χ3v) is 5.49. The molecule has 1 nitrogen and oxygen atoms in total. The summed E-state index contributed by atoms with van der Waals surface area (Å²) < 4.78 is 2.60. The first-order chi connectivity index (χ1) is 8.54. The zero-order chi connectivity index (χ0) is 13.2. The van der Waals surface area contributed by atoms with Crippen molar-refractivity contribution in [1.82, 2.24) is 4.31 Å². The molecule has 1 saturated heterocycles. The monoisotopic (exact) mass is 265 g/mol. The van der Waals surface area contributed by atoms with Crippen molar-refractivity contribution < 1.29 is 0 Å². The molecule has 0 aromatic carbocycles. The van der Waals surface area contributed by atoms with E-state index in [9.17, 15) is 0 Å². The summed E-state index contributed by atoms with van der Waals surface area (Å²) in [5.74, 6) is 0. The minimum Gasteiger partial charge on any atom is -0.243 e. The van der Waals surface area contributed by atoms with E-state index >= 15 is 0 Å². The highest BCUT2D eigenvalue weighted by Crippen LogP contribution is 2.52. The Bertz CT molecular complexity index is 341. The minimum atomic E-state index is 0.688. The van der Waals surface area contributed by atoms with Crippen LogP contribution in [0.4, 0.5) is 0 Å². The predicted octanol–water partition coefficient (Wildman–Crippen LogP) is 5.16. The Balaban J connectivity index is 1.87. The van der Waals surface area contributed by atoms with E-state index in [4.69, 9.17) is 0 Å². The summed E-state index contributed by atoms with van der Waals surface area (Å²) in [5.41, 5.74) is 1.96. The fourth-order valence-corrected chi connectivity index (χ4v) is 4.51. The van der Waals surface area contributed by atoms with Gasteiger partial charge in [0.05, 0.1) is 0 Å². The summed E-state index contributed by atoms with van der Waals surface area (Å²) >= 11 is 1.95. The number of nitrogens with zero attached hydrogens (tertiary/aromatic N) is 1. The van der Waals surface area contributed by atoms with Crippen LogP contribution in [0.15, 0.2) is 23.1 Å². The maximum absolute atomic E-state index is 4.13. The molecule has 1 heterocycles. The van der Waals surface area contributed by atoms with E-state index in [-0.39, 0.29) is 0 Å². The van der Waals surface area contributed by atoms with Crippen molar-refractivity contribution >= 4 is 11.9 Å². The fraction of sp³-hybridized carbons (Fsp3) is 0.750. The first kappa shape index (κ1) is 14.2. The normalized spacial score (nSPS) is 27.5. The molecule has 1 atom stereocenters. The van der Waals surface area contributed by atoms with Gasteiger partial charge in [-0.05, 0) is 67.9 Å². The van der Waals surface area contributed by atoms with Gasteiger partial charge in [0.15, 0.2) is 0 Å². The highest BCUT2D eigenvalue weighted by Gasteiger charge is 2.46. The Morgan fingerprint density at radius 2 is 2.22 bits per heavy atom. The molecule has 0 N–H and O–H groups in total. The molecule has 2 aliphatic rings. The quantitative estimate of drug-likeness (QED) is 0.499. The Kier molecular flexibility index (Phi) is 4.60. The summed E-state index contributed by atoms with van der Waals surface area (Å²) in [6, 6.07) is 0.734. The number of rotatable bonds is 5. The van der Waals surface area contributed by atoms with Crippen LogP contribution >= 0.6 is 11.9 Å². The van der Waals surface area contributed by atoms with Crippen LogP contribution in [0.5, 0.6) is 0 Å². The SMILES string of the molecule is C=C(/C=C(\C)SN1CC2(CCC2)CC1C)CCC. The van der Waals surface area contributed by atoms with E-state index in [1.165, 1.54) is 49.1 Å². The first-order valence-electron chi connectivity index (χ1n) is 7.35. The van der Waals surface area contributed by atoms with Crippen molar-refractivity contribution in [2.75, 3.05) is 6.54 Å². The standard InChI is InChI=1S/C16H27NS/c1-5-7-13(2)10-15(4)18-17-12-16(8-6-9-16)11-14(17)3/h10,14H,2,5-9,11-12H2,1,3-4H3/b15-10+. The molecule has 18 heavy (non-hydrogen) atoms. The lowest BCUT2D eigenvalue weighted by Gasteiger charge is -2.38. The molecule has 0 bridgehead atoms. The molecular formula is C16H27NS. The Morgan fingerprint density at radius 1 is 1.50 bits per heavy atom. The maximum Gasteiger partial charge on any atom is 0.0183 e. The Labute approximate surface area is 117 Å². The summed E-state index contributed by atoms with van der Waals surface area (Å²) in [7, 11) is 0. The summed E-state index contributed by atoms with van der Waals surface area (Å²) in [4.78, 5) is 1.40. The van der Waals surface area contributed by atoms with Crippen LogP contribution < -0.4 is 0 Å². The zero-order valence-electron chi connectivity index (χ0n) is 12.2. The zero-order valence-corrected chi connectivity index (χ0v) is 13.0. The fourth-order valence-electron chi connectivity index (χ4n) is 3.33. The van der Waals surface area contributed by atoms with Crippen LogP contribution in [0.3, 0.4) is 0 Å². The van der Waals surface area contributed by atoms with E-state index in [1.54, 1.807) is 0 Å². The van der Waals surface area contributed by atoms with Crippen molar-refractivity contribution in [2.45, 2.75) is 65.3 Å². The highest BCUT2D eigenvalue weighted by molar-refractivity contribution is 8.00. The van der Waals surface area contributed by atoms with Crippen LogP contribution in [0, 0.1) is 5.41 Å². The molecule has 2 heteroatoms. The van der Waals surface area contributed by atoms with Crippen molar-refractivity contribution in [3.05, 3.63) is 23.1 Å². The van der Waals surface area contributed by atoms with Gasteiger partial charge in [0, 0.05) is 12.6 Å². The summed E-state index contributed by atoms with van der Waals surface area (Å²) in [6.07, 6.45) is 10.4. The minimum absolute atomic E-state index is 0.688. The largest absolute Gasteiger partial charge is 0.243 e. The van der Waals surface area contributed by atoms with Crippen LogP contribution in [0.25, 0.3) is 0 Å². The molecule has 0 aromatic heterocycles. The van der Waals surface area contributed by atoms with E-state index in [1.807, 2.05) is 11.9 Å². The molecule has 0 amide bonds. The Morgan fingerprint density at radius 3 is 2.72 bits per heavy atom. The van der Waals surface area contributed by atoms with Crippen LogP contribution in [-0.2, 0) is 0 Å². The van der Waals surface area contributed by atoms with Crippen molar-refractivity contribution in [3.63, 3.8) is 0 Å². The summed E-state index contributed by atoms with van der Waals surface area (Å²) in [6.45, 7) is 12.2. The second-order valence-electron chi connectivity index (χ2n) is 6.24. The van der Waals surface area contributed by atoms with Gasteiger partial charge >= 0.3 is 0 Å². The van der Waals surface area contributed by atoms with E-state index < -0.39 is 0 Å². The lowest BCUT2D eigenvalue weighted by Crippen LogP contribution is -2.31. The molecular weight excluding hydrogens is 238 g/mol. The third-order valence-electron chi connectivity index (χ3n) is 4.37. The van der Waals surface area contributed by atoms with E-state index in [0.29, 0.717) is 5.41 Å². The molecule has 1 aliphatic heterocycles. The molecule has 0 radical (unpaired) electrons. The highest BCUT2D eigenvalue weighted by atomic mass is 32.2. The second-order valence-corrected chi connectivity index (χ2v) is 7.53. The smallest absolute Gasteiger partial charge is 0.0183 e. The number of hydrogen-bond donors (Lipinski definition) is 0. The predicted molar refractivity (Wildman–Crippen MR) is 82.5 cm³/mol. The van der Waals surface area contributed by atoms with Gasteiger partial charge in [0.1, 0.15) is 0 Å². The van der Waals surface area contributed by atoms with Crippen LogP contribution in [0.1, 0.15) is 59.3 Å². The lowest BCUT2D eigenvalue weighted by atomic mass is 9.68. The van der Waals surface area contributed by atoms with Gasteiger partial charge in [-0.25, -0.2) is 4.31 Å². The molecule has 1 aliphatic carbocycles. The maximum atomic E-state index is 4.13. The lowest BCUT2D eigenvalue weighted by molar-refractivity contribution is 0.154. The summed E-state index contributed by atoms with van der Waals surface area (Å²) in [5, 5.41) is 0. The van der Waals surface area contributed by atoms with E-state index in [0.717, 1.165) is 12.5 Å². The average Bonchev–Trinajstić information content (AvgIpc) is 2.56. The van der Waals surface area contributed by atoms with Crippen LogP contribution in [-0.4, -0.2) is 16.9 Å². The van der Waals surface area contributed by atoms with Gasteiger partial charge in [-0.1, -0.05) is 31.9 Å². The van der Waals surface area contributed by atoms with Gasteiger partial charge in [-0.2, -0.15) is 0 Å². The topological polar surface area (TPSA) is 3.24 Å². The van der Waals surface area contributed by atoms with Crippen LogP contribution in [0.2, 0.25) is 0 Å². The molecule has 102 valence electrons. The van der Waals surface area contributed by atoms with Gasteiger partial charge in [-0.15, -0.1) is 0 Å².